The number of nitrogens with one attached hydrogen (secondary N) is 1. The first-order chi connectivity index (χ1) is 18.0. The number of hydrogen-bond donors (Lipinski definition) is 1. The molecule has 7 nitrogen and oxygen atoms in total. The fourth-order valence-corrected chi connectivity index (χ4v) is 5.31. The van der Waals surface area contributed by atoms with Gasteiger partial charge in [-0.05, 0) is 44.4 Å². The molecule has 2 aliphatic rings. The lowest BCUT2D eigenvalue weighted by Crippen LogP contribution is -2.46. The number of aromatic nitrogens is 3. The fourth-order valence-electron chi connectivity index (χ4n) is 5.31. The van der Waals surface area contributed by atoms with Crippen molar-refractivity contribution in [3.05, 3.63) is 52.8 Å². The summed E-state index contributed by atoms with van der Waals surface area (Å²) in [7, 11) is 1.21. The molecule has 0 amide bonds. The van der Waals surface area contributed by atoms with E-state index in [0.717, 1.165) is 12.8 Å². The molecule has 2 bridgehead atoms. The first kappa shape index (κ1) is 26.5. The average molecular weight is 538 g/mol. The Balaban J connectivity index is 1.56. The van der Waals surface area contributed by atoms with Gasteiger partial charge in [-0.15, -0.1) is 5.10 Å². The number of halogens is 5. The van der Waals surface area contributed by atoms with Crippen LogP contribution in [0.3, 0.4) is 0 Å². The third-order valence-corrected chi connectivity index (χ3v) is 7.18. The Morgan fingerprint density at radius 1 is 1.11 bits per heavy atom. The molecule has 0 saturated carbocycles. The van der Waals surface area contributed by atoms with E-state index in [-0.39, 0.29) is 40.4 Å². The number of rotatable bonds is 7. The molecular weight excluding hydrogens is 509 g/mol. The van der Waals surface area contributed by atoms with Gasteiger partial charge in [0.05, 0.1) is 48.2 Å². The van der Waals surface area contributed by atoms with Crippen LogP contribution in [-0.4, -0.2) is 54.2 Å². The average Bonchev–Trinajstić information content (AvgIpc) is 3.12. The lowest BCUT2D eigenvalue weighted by Gasteiger charge is -2.37. The van der Waals surface area contributed by atoms with Crippen LogP contribution in [-0.2, 0) is 21.6 Å². The smallest absolute Gasteiger partial charge is 0.378 e. The Kier molecular flexibility index (Phi) is 6.89. The van der Waals surface area contributed by atoms with Crippen LogP contribution in [0.2, 0.25) is 0 Å². The summed E-state index contributed by atoms with van der Waals surface area (Å²) in [6.45, 7) is 3.25. The minimum absolute atomic E-state index is 0.00916. The number of methoxy groups -OCH3 is 1. The zero-order valence-corrected chi connectivity index (χ0v) is 21.1. The van der Waals surface area contributed by atoms with E-state index in [1.807, 2.05) is 0 Å². The quantitative estimate of drug-likeness (QED) is 0.392. The lowest BCUT2D eigenvalue weighted by molar-refractivity contribution is -0.140. The van der Waals surface area contributed by atoms with E-state index in [0.29, 0.717) is 24.2 Å². The largest absolute Gasteiger partial charge is 0.435 e. The Morgan fingerprint density at radius 2 is 1.82 bits per heavy atom. The molecular formula is C26H28F5N5O2. The zero-order chi connectivity index (χ0) is 27.2. The number of fused-ring (bicyclic) bond motifs is 3. The highest BCUT2D eigenvalue weighted by Gasteiger charge is 2.44. The summed E-state index contributed by atoms with van der Waals surface area (Å²) < 4.78 is 81.7. The topological polar surface area (TPSA) is 72.4 Å². The summed E-state index contributed by atoms with van der Waals surface area (Å²) in [5.41, 5.74) is -0.308. The Bertz CT molecular complexity index is 1320. The van der Waals surface area contributed by atoms with E-state index in [1.165, 1.54) is 31.4 Å². The van der Waals surface area contributed by atoms with E-state index in [2.05, 4.69) is 25.2 Å². The van der Waals surface area contributed by atoms with Gasteiger partial charge in [0.2, 0.25) is 0 Å². The summed E-state index contributed by atoms with van der Waals surface area (Å²) in [5.74, 6) is -2.96. The Morgan fingerprint density at radius 3 is 2.47 bits per heavy atom. The van der Waals surface area contributed by atoms with Crippen molar-refractivity contribution in [2.45, 2.75) is 56.9 Å². The lowest BCUT2D eigenvalue weighted by atomic mass is 10.0. The second-order valence-electron chi connectivity index (χ2n) is 9.84. The molecule has 0 radical (unpaired) electrons. The maximum Gasteiger partial charge on any atom is 0.435 e. The Labute approximate surface area is 216 Å². The van der Waals surface area contributed by atoms with Crippen molar-refractivity contribution in [2.24, 2.45) is 0 Å². The first-order valence-corrected chi connectivity index (χ1v) is 12.3. The molecule has 0 spiro atoms. The van der Waals surface area contributed by atoms with Gasteiger partial charge in [-0.1, -0.05) is 18.2 Å². The van der Waals surface area contributed by atoms with Gasteiger partial charge in [-0.3, -0.25) is 0 Å². The summed E-state index contributed by atoms with van der Waals surface area (Å²) in [4.78, 5) is 5.84. The van der Waals surface area contributed by atoms with E-state index >= 15 is 0 Å². The number of benzene rings is 1. The molecule has 3 aromatic rings. The van der Waals surface area contributed by atoms with Crippen LogP contribution < -0.4 is 10.2 Å². The Hall–Kier alpha value is -3.12. The molecule has 204 valence electrons. The number of morpholine rings is 1. The van der Waals surface area contributed by atoms with Crippen LogP contribution in [0, 0.1) is 6.92 Å². The molecule has 3 atom stereocenters. The third kappa shape index (κ3) is 4.86. The van der Waals surface area contributed by atoms with Crippen molar-refractivity contribution in [1.29, 1.82) is 0 Å². The predicted octanol–water partition coefficient (Wildman–Crippen LogP) is 5.63. The number of nitrogens with zero attached hydrogens (tertiary/aromatic N) is 4. The predicted molar refractivity (Wildman–Crippen MR) is 131 cm³/mol. The van der Waals surface area contributed by atoms with Crippen LogP contribution in [0.4, 0.5) is 33.5 Å². The highest BCUT2D eigenvalue weighted by molar-refractivity contribution is 5.93. The minimum atomic E-state index is -4.67. The third-order valence-electron chi connectivity index (χ3n) is 7.18. The van der Waals surface area contributed by atoms with Crippen LogP contribution in [0.25, 0.3) is 10.9 Å². The van der Waals surface area contributed by atoms with Gasteiger partial charge in [0.15, 0.2) is 11.5 Å². The summed E-state index contributed by atoms with van der Waals surface area (Å²) in [6.07, 6.45) is -3.20. The summed E-state index contributed by atoms with van der Waals surface area (Å²) in [5, 5.41) is 11.8. The van der Waals surface area contributed by atoms with Crippen molar-refractivity contribution in [3.63, 3.8) is 0 Å². The number of aryl methyl sites for hydroxylation is 1. The van der Waals surface area contributed by atoms with Crippen LogP contribution in [0.15, 0.2) is 30.3 Å². The first-order valence-electron chi connectivity index (χ1n) is 12.3. The molecule has 2 aromatic heterocycles. The van der Waals surface area contributed by atoms with Gasteiger partial charge in [0, 0.05) is 18.1 Å². The molecule has 4 heterocycles. The molecule has 1 N–H and O–H groups in total. The number of pyridine rings is 1. The van der Waals surface area contributed by atoms with Crippen molar-refractivity contribution in [2.75, 3.05) is 37.1 Å². The highest BCUT2D eigenvalue weighted by atomic mass is 19.4. The second-order valence-corrected chi connectivity index (χ2v) is 9.84. The van der Waals surface area contributed by atoms with Crippen molar-refractivity contribution >= 4 is 22.4 Å². The minimum Gasteiger partial charge on any atom is -0.378 e. The van der Waals surface area contributed by atoms with Crippen LogP contribution in [0.1, 0.15) is 48.3 Å². The highest BCUT2D eigenvalue weighted by Crippen LogP contribution is 2.43. The molecule has 0 aliphatic carbocycles. The SMILES string of the molecule is COCC(F)(F)c1cccc([C@@H](C)Nc2nnc(C)c3nc(C(F)(F)F)c(N4C5CCC4COC5)cc23)c1. The van der Waals surface area contributed by atoms with E-state index in [9.17, 15) is 22.0 Å². The molecule has 2 saturated heterocycles. The maximum absolute atomic E-state index is 14.4. The van der Waals surface area contributed by atoms with E-state index < -0.39 is 30.4 Å². The summed E-state index contributed by atoms with van der Waals surface area (Å²) >= 11 is 0. The van der Waals surface area contributed by atoms with Gasteiger partial charge < -0.3 is 19.7 Å². The van der Waals surface area contributed by atoms with Gasteiger partial charge in [0.1, 0.15) is 6.61 Å². The van der Waals surface area contributed by atoms with Crippen molar-refractivity contribution < 1.29 is 31.4 Å². The molecule has 2 fully saturated rings. The number of alkyl halides is 5. The molecule has 5 rings (SSSR count). The standard InChI is InChI=1S/C26H28F5N5O2/c1-14(16-5-4-6-17(9-16)25(27,28)13-37-3)32-24-20-10-21(36-18-7-8-19(36)12-38-11-18)23(26(29,30)31)33-22(20)15(2)34-35-24/h4-6,9-10,14,18-19H,7-8,11-13H2,1-3H3,(H,32,35)/t14-,18?,19?/m1/s1. The number of hydrogen-bond acceptors (Lipinski definition) is 7. The maximum atomic E-state index is 14.4. The normalized spacial score (nSPS) is 20.7. The van der Waals surface area contributed by atoms with Gasteiger partial charge in [-0.2, -0.15) is 27.1 Å². The fraction of sp³-hybridized carbons (Fsp3) is 0.500. The van der Waals surface area contributed by atoms with Crippen LogP contribution in [0.5, 0.6) is 0 Å². The number of anilines is 2. The summed E-state index contributed by atoms with van der Waals surface area (Å²) in [6, 6.07) is 6.52. The monoisotopic (exact) mass is 537 g/mol. The van der Waals surface area contributed by atoms with Gasteiger partial charge in [-0.25, -0.2) is 4.98 Å². The van der Waals surface area contributed by atoms with Crippen LogP contribution >= 0.6 is 0 Å². The molecule has 1 aromatic carbocycles. The second kappa shape index (κ2) is 9.88. The molecule has 2 aliphatic heterocycles. The van der Waals surface area contributed by atoms with Crippen molar-refractivity contribution in [1.82, 2.24) is 15.2 Å². The van der Waals surface area contributed by atoms with Gasteiger partial charge >= 0.3 is 6.18 Å². The van der Waals surface area contributed by atoms with E-state index in [1.54, 1.807) is 24.8 Å². The molecule has 38 heavy (non-hydrogen) atoms. The molecule has 12 heteroatoms. The van der Waals surface area contributed by atoms with Crippen molar-refractivity contribution in [3.8, 4) is 0 Å². The number of ether oxygens (including phenoxy) is 2. The van der Waals surface area contributed by atoms with Gasteiger partial charge in [0.25, 0.3) is 5.92 Å². The molecule has 2 unspecified atom stereocenters. The zero-order valence-electron chi connectivity index (χ0n) is 21.1. The van der Waals surface area contributed by atoms with E-state index in [4.69, 9.17) is 4.74 Å².